The van der Waals surface area contributed by atoms with Gasteiger partial charge in [-0.3, -0.25) is 24.3 Å². The summed E-state index contributed by atoms with van der Waals surface area (Å²) >= 11 is 0. The second-order valence-corrected chi connectivity index (χ2v) is 8.69. The Balaban J connectivity index is 1.68. The van der Waals surface area contributed by atoms with Crippen molar-refractivity contribution in [3.05, 3.63) is 77.5 Å². The van der Waals surface area contributed by atoms with Gasteiger partial charge in [0.2, 0.25) is 17.7 Å². The highest BCUT2D eigenvalue weighted by Gasteiger charge is 2.54. The number of carbonyl (C=O) groups is 3. The molecule has 0 radical (unpaired) electrons. The SMILES string of the molecule is CCN1C(=O)CC(CC(=O)N(C)Cc2cccc3ncccc23)(c2cccc(C(F)(F)F)c2)C1=O. The number of fused-ring (bicyclic) bond motifs is 1. The molecule has 1 atom stereocenters. The number of halogens is 3. The van der Waals surface area contributed by atoms with E-state index in [1.165, 1.54) is 17.0 Å². The van der Waals surface area contributed by atoms with Crippen molar-refractivity contribution in [1.82, 2.24) is 14.8 Å². The number of likely N-dealkylation sites (tertiary alicyclic amines) is 1. The highest BCUT2D eigenvalue weighted by Crippen LogP contribution is 2.42. The first-order valence-electron chi connectivity index (χ1n) is 11.2. The topological polar surface area (TPSA) is 70.6 Å². The summed E-state index contributed by atoms with van der Waals surface area (Å²) in [5.41, 5.74) is -1.02. The Bertz CT molecular complexity index is 1300. The molecule has 0 aliphatic carbocycles. The van der Waals surface area contributed by atoms with E-state index in [1.54, 1.807) is 26.2 Å². The molecular weight excluding hydrogens is 459 g/mol. The average Bonchev–Trinajstić information content (AvgIpc) is 3.08. The van der Waals surface area contributed by atoms with Gasteiger partial charge in [-0.1, -0.05) is 36.4 Å². The van der Waals surface area contributed by atoms with Crippen LogP contribution in [0.3, 0.4) is 0 Å². The van der Waals surface area contributed by atoms with Crippen LogP contribution in [0.25, 0.3) is 10.9 Å². The van der Waals surface area contributed by atoms with Gasteiger partial charge in [0, 0.05) is 44.6 Å². The van der Waals surface area contributed by atoms with Gasteiger partial charge in [-0.05, 0) is 36.2 Å². The molecule has 1 saturated heterocycles. The summed E-state index contributed by atoms with van der Waals surface area (Å²) in [4.78, 5) is 46.1. The zero-order valence-corrected chi connectivity index (χ0v) is 19.3. The second kappa shape index (κ2) is 9.13. The van der Waals surface area contributed by atoms with Crippen LogP contribution in [0.2, 0.25) is 0 Å². The largest absolute Gasteiger partial charge is 0.416 e. The Labute approximate surface area is 200 Å². The molecule has 35 heavy (non-hydrogen) atoms. The van der Waals surface area contributed by atoms with Gasteiger partial charge in [-0.15, -0.1) is 0 Å². The number of pyridine rings is 1. The van der Waals surface area contributed by atoms with Crippen molar-refractivity contribution < 1.29 is 27.6 Å². The summed E-state index contributed by atoms with van der Waals surface area (Å²) in [5, 5.41) is 0.867. The van der Waals surface area contributed by atoms with Crippen LogP contribution in [0.1, 0.15) is 36.5 Å². The standard InChI is InChI=1S/C26H24F3N3O3/c1-3-32-23(34)15-25(24(32)35,18-8-5-9-19(13-18)26(27,28)29)14-22(33)31(2)16-17-7-4-11-21-20(17)10-6-12-30-21/h4-13H,3,14-16H2,1-2H3. The molecule has 6 nitrogen and oxygen atoms in total. The molecule has 1 unspecified atom stereocenters. The smallest absolute Gasteiger partial charge is 0.341 e. The highest BCUT2D eigenvalue weighted by molar-refractivity contribution is 6.10. The van der Waals surface area contributed by atoms with E-state index in [0.717, 1.165) is 33.5 Å². The number of amides is 3. The number of hydrogen-bond donors (Lipinski definition) is 0. The summed E-state index contributed by atoms with van der Waals surface area (Å²) in [6, 6.07) is 13.6. The lowest BCUT2D eigenvalue weighted by Crippen LogP contribution is -2.42. The van der Waals surface area contributed by atoms with E-state index in [-0.39, 0.29) is 25.1 Å². The number of rotatable bonds is 6. The summed E-state index contributed by atoms with van der Waals surface area (Å²) in [6.45, 7) is 1.89. The minimum absolute atomic E-state index is 0.0118. The molecule has 2 heterocycles. The Morgan fingerprint density at radius 3 is 2.54 bits per heavy atom. The number of benzene rings is 2. The van der Waals surface area contributed by atoms with Gasteiger partial charge in [0.15, 0.2) is 0 Å². The van der Waals surface area contributed by atoms with E-state index in [0.29, 0.717) is 0 Å². The van der Waals surface area contributed by atoms with Gasteiger partial charge in [0.1, 0.15) is 0 Å². The third kappa shape index (κ3) is 4.50. The zero-order chi connectivity index (χ0) is 25.4. The van der Waals surface area contributed by atoms with E-state index in [9.17, 15) is 27.6 Å². The predicted molar refractivity (Wildman–Crippen MR) is 123 cm³/mol. The fourth-order valence-electron chi connectivity index (χ4n) is 4.62. The Morgan fingerprint density at radius 2 is 1.86 bits per heavy atom. The maximum absolute atomic E-state index is 13.4. The van der Waals surface area contributed by atoms with Crippen LogP contribution in [-0.4, -0.2) is 46.1 Å². The maximum Gasteiger partial charge on any atom is 0.416 e. The van der Waals surface area contributed by atoms with E-state index in [4.69, 9.17) is 0 Å². The average molecular weight is 483 g/mol. The van der Waals surface area contributed by atoms with Crippen LogP contribution in [0, 0.1) is 0 Å². The van der Waals surface area contributed by atoms with Crippen LogP contribution in [0.4, 0.5) is 13.2 Å². The minimum atomic E-state index is -4.63. The van der Waals surface area contributed by atoms with E-state index in [1.807, 2.05) is 24.3 Å². The number of carbonyl (C=O) groups excluding carboxylic acids is 3. The van der Waals surface area contributed by atoms with Crippen molar-refractivity contribution in [2.45, 2.75) is 37.9 Å². The van der Waals surface area contributed by atoms with Crippen LogP contribution in [0.5, 0.6) is 0 Å². The lowest BCUT2D eigenvalue weighted by Gasteiger charge is -2.29. The van der Waals surface area contributed by atoms with Crippen LogP contribution >= 0.6 is 0 Å². The zero-order valence-electron chi connectivity index (χ0n) is 19.3. The number of aromatic nitrogens is 1. The second-order valence-electron chi connectivity index (χ2n) is 8.69. The summed E-state index contributed by atoms with van der Waals surface area (Å²) in [6.07, 6.45) is -3.74. The Kier molecular flexibility index (Phi) is 6.36. The Hall–Kier alpha value is -3.75. The molecule has 1 fully saturated rings. The number of hydrogen-bond acceptors (Lipinski definition) is 4. The van der Waals surface area contributed by atoms with Crippen LogP contribution in [0.15, 0.2) is 60.8 Å². The van der Waals surface area contributed by atoms with Crippen molar-refractivity contribution in [2.24, 2.45) is 0 Å². The first kappa shape index (κ1) is 24.4. The van der Waals surface area contributed by atoms with Crippen molar-refractivity contribution in [2.75, 3.05) is 13.6 Å². The predicted octanol–water partition coefficient (Wildman–Crippen LogP) is 4.32. The normalized spacial score (nSPS) is 18.4. The van der Waals surface area contributed by atoms with Crippen molar-refractivity contribution in [1.29, 1.82) is 0 Å². The summed E-state index contributed by atoms with van der Waals surface area (Å²) in [7, 11) is 1.57. The molecule has 1 aliphatic rings. The van der Waals surface area contributed by atoms with Crippen molar-refractivity contribution >= 4 is 28.6 Å². The molecule has 9 heteroatoms. The van der Waals surface area contributed by atoms with Gasteiger partial charge in [-0.2, -0.15) is 13.2 Å². The molecule has 0 spiro atoms. The molecule has 0 N–H and O–H groups in total. The molecule has 182 valence electrons. The fourth-order valence-corrected chi connectivity index (χ4v) is 4.62. The molecule has 1 aromatic heterocycles. The Morgan fingerprint density at radius 1 is 1.11 bits per heavy atom. The van der Waals surface area contributed by atoms with E-state index >= 15 is 0 Å². The molecule has 3 amide bonds. The first-order valence-corrected chi connectivity index (χ1v) is 11.2. The maximum atomic E-state index is 13.4. The lowest BCUT2D eigenvalue weighted by molar-refractivity contribution is -0.142. The molecule has 4 rings (SSSR count). The van der Waals surface area contributed by atoms with E-state index in [2.05, 4.69) is 4.98 Å². The third-order valence-corrected chi connectivity index (χ3v) is 6.49. The quantitative estimate of drug-likeness (QED) is 0.490. The highest BCUT2D eigenvalue weighted by atomic mass is 19.4. The van der Waals surface area contributed by atoms with Crippen LogP contribution in [-0.2, 0) is 32.5 Å². The number of likely N-dealkylation sites (N-methyl/N-ethyl adjacent to an activating group) is 1. The summed E-state index contributed by atoms with van der Waals surface area (Å²) in [5.74, 6) is -1.62. The molecule has 0 saturated carbocycles. The first-order chi connectivity index (χ1) is 16.6. The number of imide groups is 1. The molecular formula is C26H24F3N3O3. The fraction of sp³-hybridized carbons (Fsp3) is 0.308. The van der Waals surface area contributed by atoms with Gasteiger partial charge in [-0.25, -0.2) is 0 Å². The van der Waals surface area contributed by atoms with Gasteiger partial charge in [0.05, 0.1) is 16.5 Å². The number of alkyl halides is 3. The monoisotopic (exact) mass is 483 g/mol. The summed E-state index contributed by atoms with van der Waals surface area (Å²) < 4.78 is 40.2. The van der Waals surface area contributed by atoms with Gasteiger partial charge < -0.3 is 4.90 Å². The molecule has 3 aromatic rings. The molecule has 2 aromatic carbocycles. The third-order valence-electron chi connectivity index (χ3n) is 6.49. The van der Waals surface area contributed by atoms with Crippen molar-refractivity contribution in [3.8, 4) is 0 Å². The van der Waals surface area contributed by atoms with Gasteiger partial charge >= 0.3 is 6.18 Å². The molecule has 1 aliphatic heterocycles. The van der Waals surface area contributed by atoms with E-state index < -0.39 is 41.3 Å². The molecule has 0 bridgehead atoms. The minimum Gasteiger partial charge on any atom is -0.341 e. The lowest BCUT2D eigenvalue weighted by atomic mass is 9.75. The number of nitrogens with zero attached hydrogens (tertiary/aromatic N) is 3. The van der Waals surface area contributed by atoms with Crippen molar-refractivity contribution in [3.63, 3.8) is 0 Å². The van der Waals surface area contributed by atoms with Crippen LogP contribution < -0.4 is 0 Å². The van der Waals surface area contributed by atoms with Gasteiger partial charge in [0.25, 0.3) is 0 Å².